The van der Waals surface area contributed by atoms with Crippen molar-refractivity contribution in [2.75, 3.05) is 0 Å². The van der Waals surface area contributed by atoms with Crippen molar-refractivity contribution in [2.24, 2.45) is 0 Å². The monoisotopic (exact) mass is 466 g/mol. The lowest BCUT2D eigenvalue weighted by Crippen LogP contribution is -2.51. The molecule has 0 amide bonds. The lowest BCUT2D eigenvalue weighted by Gasteiger charge is -2.38. The van der Waals surface area contributed by atoms with E-state index >= 15 is 0 Å². The Morgan fingerprint density at radius 1 is 0.818 bits per heavy atom. The predicted molar refractivity (Wildman–Crippen MR) is 135 cm³/mol. The highest BCUT2D eigenvalue weighted by Crippen LogP contribution is 2.29. The molecule has 4 nitrogen and oxygen atoms in total. The van der Waals surface area contributed by atoms with Crippen LogP contribution in [0.3, 0.4) is 0 Å². The number of ether oxygens (including phenoxy) is 2. The molecular weight excluding hydrogens is 428 g/mol. The third-order valence-electron chi connectivity index (χ3n) is 6.70. The first-order valence-corrected chi connectivity index (χ1v) is 14.8. The summed E-state index contributed by atoms with van der Waals surface area (Å²) >= 11 is 0. The molecule has 3 atom stereocenters. The van der Waals surface area contributed by atoms with E-state index in [1.54, 1.807) is 0 Å². The first-order valence-electron chi connectivity index (χ1n) is 12.3. The fourth-order valence-corrected chi connectivity index (χ4v) is 7.15. The number of Topliss-reactive ketones (excluding diaryl/α,β-unsaturated/α-hetero) is 1. The van der Waals surface area contributed by atoms with Crippen LogP contribution in [0.25, 0.3) is 0 Å². The summed E-state index contributed by atoms with van der Waals surface area (Å²) < 4.78 is 19.6. The van der Waals surface area contributed by atoms with Crippen LogP contribution in [-0.2, 0) is 31.9 Å². The van der Waals surface area contributed by atoms with Crippen LogP contribution in [-0.4, -0.2) is 32.4 Å². The van der Waals surface area contributed by atoms with Gasteiger partial charge in [0.05, 0.1) is 19.3 Å². The maximum Gasteiger partial charge on any atom is 0.193 e. The average molecular weight is 467 g/mol. The number of allylic oxidation sites excluding steroid dienone is 1. The third-order valence-corrected chi connectivity index (χ3v) is 11.3. The first-order chi connectivity index (χ1) is 16.1. The van der Waals surface area contributed by atoms with Crippen molar-refractivity contribution in [3.05, 3.63) is 83.9 Å². The van der Waals surface area contributed by atoms with E-state index in [-0.39, 0.29) is 11.9 Å². The highest BCUT2D eigenvalue weighted by molar-refractivity contribution is 6.73. The highest BCUT2D eigenvalue weighted by atomic mass is 28.4. The Labute approximate surface area is 200 Å². The fourth-order valence-electron chi connectivity index (χ4n) is 4.36. The molecule has 0 unspecified atom stereocenters. The van der Waals surface area contributed by atoms with Gasteiger partial charge in [-0.15, -0.1) is 0 Å². The normalized spacial score (nSPS) is 22.5. The Morgan fingerprint density at radius 2 is 1.36 bits per heavy atom. The maximum absolute atomic E-state index is 13.2. The molecule has 33 heavy (non-hydrogen) atoms. The van der Waals surface area contributed by atoms with Gasteiger partial charge in [-0.2, -0.15) is 0 Å². The molecule has 0 aliphatic heterocycles. The molecule has 0 spiro atoms. The van der Waals surface area contributed by atoms with E-state index in [9.17, 15) is 4.79 Å². The van der Waals surface area contributed by atoms with Crippen LogP contribution >= 0.6 is 0 Å². The number of benzene rings is 2. The number of ketones is 1. The van der Waals surface area contributed by atoms with E-state index in [0.29, 0.717) is 26.1 Å². The minimum atomic E-state index is -1.93. The average Bonchev–Trinajstić information content (AvgIpc) is 2.86. The first kappa shape index (κ1) is 25.6. The molecule has 0 bridgehead atoms. The van der Waals surface area contributed by atoms with E-state index in [4.69, 9.17) is 13.9 Å². The SMILES string of the molecule is CC[Si](CC)(CC)O[C@@H]1/C=C\CCC(=O)[C@H](OCc2ccccc2)[C@@H]1OCc1ccccc1. The summed E-state index contributed by atoms with van der Waals surface area (Å²) in [7, 11) is -1.93. The van der Waals surface area contributed by atoms with Crippen LogP contribution < -0.4 is 0 Å². The lowest BCUT2D eigenvalue weighted by atomic mass is 9.97. The number of rotatable bonds is 11. The van der Waals surface area contributed by atoms with Gasteiger partial charge in [0.15, 0.2) is 14.1 Å². The topological polar surface area (TPSA) is 44.8 Å². The van der Waals surface area contributed by atoms with Crippen molar-refractivity contribution in [3.63, 3.8) is 0 Å². The number of hydrogen-bond acceptors (Lipinski definition) is 4. The van der Waals surface area contributed by atoms with E-state index in [0.717, 1.165) is 29.3 Å². The molecule has 0 heterocycles. The summed E-state index contributed by atoms with van der Waals surface area (Å²) in [5.41, 5.74) is 2.11. The summed E-state index contributed by atoms with van der Waals surface area (Å²) in [5.74, 6) is 0.0821. The van der Waals surface area contributed by atoms with Gasteiger partial charge >= 0.3 is 0 Å². The van der Waals surface area contributed by atoms with E-state index in [1.807, 2.05) is 60.7 Å². The van der Waals surface area contributed by atoms with Crippen LogP contribution in [0, 0.1) is 0 Å². The van der Waals surface area contributed by atoms with Crippen molar-refractivity contribution >= 4 is 14.1 Å². The Bertz CT molecular complexity index is 856. The molecule has 1 aliphatic rings. The predicted octanol–water partition coefficient (Wildman–Crippen LogP) is 6.47. The van der Waals surface area contributed by atoms with E-state index in [2.05, 4.69) is 32.9 Å². The van der Waals surface area contributed by atoms with Crippen molar-refractivity contribution in [1.82, 2.24) is 0 Å². The summed E-state index contributed by atoms with van der Waals surface area (Å²) in [6.07, 6.45) is 3.89. The van der Waals surface area contributed by atoms with Crippen molar-refractivity contribution in [3.8, 4) is 0 Å². The number of hydrogen-bond donors (Lipinski definition) is 0. The molecular formula is C28H38O4Si. The molecule has 0 aromatic heterocycles. The minimum Gasteiger partial charge on any atom is -0.408 e. The zero-order chi connectivity index (χ0) is 23.5. The second-order valence-corrected chi connectivity index (χ2v) is 13.5. The van der Waals surface area contributed by atoms with Gasteiger partial charge in [-0.1, -0.05) is 93.6 Å². The molecule has 3 rings (SSSR count). The molecule has 0 radical (unpaired) electrons. The molecule has 5 heteroatoms. The van der Waals surface area contributed by atoms with Crippen LogP contribution in [0.15, 0.2) is 72.8 Å². The Hall–Kier alpha value is -2.05. The van der Waals surface area contributed by atoms with Crippen molar-refractivity contribution < 1.29 is 18.7 Å². The molecule has 0 saturated carbocycles. The molecule has 0 N–H and O–H groups in total. The van der Waals surface area contributed by atoms with Gasteiger partial charge in [-0.25, -0.2) is 0 Å². The second-order valence-electron chi connectivity index (χ2n) is 8.74. The van der Waals surface area contributed by atoms with Gasteiger partial charge < -0.3 is 13.9 Å². The molecule has 0 saturated heterocycles. The third kappa shape index (κ3) is 7.21. The van der Waals surface area contributed by atoms with Crippen LogP contribution in [0.1, 0.15) is 44.7 Å². The molecule has 178 valence electrons. The summed E-state index contributed by atoms with van der Waals surface area (Å²) in [4.78, 5) is 13.2. The Balaban J connectivity index is 1.89. The summed E-state index contributed by atoms with van der Waals surface area (Å²) in [6, 6.07) is 23.2. The minimum absolute atomic E-state index is 0.0821. The van der Waals surface area contributed by atoms with Gasteiger partial charge in [-0.05, 0) is 35.7 Å². The van der Waals surface area contributed by atoms with Gasteiger partial charge in [0, 0.05) is 6.42 Å². The standard InChI is InChI=1S/C28H38O4Si/c1-4-33(5-2,6-3)32-26-20-14-13-19-25(29)27(30-21-23-15-9-7-10-16-23)28(26)31-22-24-17-11-8-12-18-24/h7-12,14-18,20,26-28H,4-6,13,19,21-22H2,1-3H3/b20-14-/t26-,27+,28-/m1/s1. The van der Waals surface area contributed by atoms with E-state index < -0.39 is 20.5 Å². The van der Waals surface area contributed by atoms with Crippen LogP contribution in [0.5, 0.6) is 0 Å². The zero-order valence-electron chi connectivity index (χ0n) is 20.2. The quantitative estimate of drug-likeness (QED) is 0.281. The smallest absolute Gasteiger partial charge is 0.193 e. The molecule has 2 aromatic rings. The zero-order valence-corrected chi connectivity index (χ0v) is 21.2. The van der Waals surface area contributed by atoms with Gasteiger partial charge in [0.1, 0.15) is 12.2 Å². The number of carbonyl (C=O) groups excluding carboxylic acids is 1. The van der Waals surface area contributed by atoms with Gasteiger partial charge in [-0.3, -0.25) is 4.79 Å². The molecule has 0 fully saturated rings. The van der Waals surface area contributed by atoms with Crippen molar-refractivity contribution in [2.45, 2.75) is 83.3 Å². The van der Waals surface area contributed by atoms with Crippen molar-refractivity contribution in [1.29, 1.82) is 0 Å². The van der Waals surface area contributed by atoms with Crippen LogP contribution in [0.2, 0.25) is 18.1 Å². The Kier molecular flexibility index (Phi) is 10.1. The Morgan fingerprint density at radius 3 is 1.91 bits per heavy atom. The number of carbonyl (C=O) groups is 1. The maximum atomic E-state index is 13.2. The van der Waals surface area contributed by atoms with Crippen LogP contribution in [0.4, 0.5) is 0 Å². The second kappa shape index (κ2) is 13.0. The summed E-state index contributed by atoms with van der Waals surface area (Å²) in [6.45, 7) is 7.45. The van der Waals surface area contributed by atoms with Gasteiger partial charge in [0.2, 0.25) is 0 Å². The largest absolute Gasteiger partial charge is 0.408 e. The van der Waals surface area contributed by atoms with Gasteiger partial charge in [0.25, 0.3) is 0 Å². The summed E-state index contributed by atoms with van der Waals surface area (Å²) in [5, 5.41) is 0. The molecule has 2 aromatic carbocycles. The lowest BCUT2D eigenvalue weighted by molar-refractivity contribution is -0.154. The highest BCUT2D eigenvalue weighted by Gasteiger charge is 2.41. The van der Waals surface area contributed by atoms with E-state index in [1.165, 1.54) is 0 Å². The molecule has 1 aliphatic carbocycles. The fraction of sp³-hybridized carbons (Fsp3) is 0.464.